The van der Waals surface area contributed by atoms with Crippen LogP contribution in [0.25, 0.3) is 6.08 Å². The Balaban J connectivity index is 1.59. The normalized spacial score (nSPS) is 15.0. The van der Waals surface area contributed by atoms with Crippen molar-refractivity contribution in [3.63, 3.8) is 0 Å². The third kappa shape index (κ3) is 5.13. The van der Waals surface area contributed by atoms with Gasteiger partial charge in [0.1, 0.15) is 17.6 Å². The molecule has 1 aliphatic rings. The van der Waals surface area contributed by atoms with Crippen LogP contribution in [0.5, 0.6) is 11.5 Å². The van der Waals surface area contributed by atoms with Crippen LogP contribution in [0, 0.1) is 0 Å². The maximum atomic E-state index is 12.0. The fourth-order valence-electron chi connectivity index (χ4n) is 2.93. The number of hydrogen-bond acceptors (Lipinski definition) is 5. The molecule has 0 unspecified atom stereocenters. The highest BCUT2D eigenvalue weighted by molar-refractivity contribution is 5.94. The number of amides is 1. The predicted octanol–water partition coefficient (Wildman–Crippen LogP) is 3.60. The summed E-state index contributed by atoms with van der Waals surface area (Å²) < 4.78 is 16.4. The number of fused-ring (bicyclic) bond motifs is 1. The molecule has 28 heavy (non-hydrogen) atoms. The molecule has 0 spiro atoms. The zero-order valence-electron chi connectivity index (χ0n) is 15.9. The first-order chi connectivity index (χ1) is 13.5. The number of hydrogen-bond donors (Lipinski definition) is 1. The van der Waals surface area contributed by atoms with E-state index < -0.39 is 11.9 Å². The Morgan fingerprint density at radius 1 is 1.25 bits per heavy atom. The lowest BCUT2D eigenvalue weighted by atomic mass is 10.1. The van der Waals surface area contributed by atoms with E-state index in [1.807, 2.05) is 32.0 Å². The van der Waals surface area contributed by atoms with E-state index in [-0.39, 0.29) is 12.7 Å². The van der Waals surface area contributed by atoms with Gasteiger partial charge in [0.25, 0.3) is 5.91 Å². The first kappa shape index (κ1) is 19.5. The van der Waals surface area contributed by atoms with Crippen molar-refractivity contribution in [1.29, 1.82) is 0 Å². The molecule has 1 aliphatic heterocycles. The van der Waals surface area contributed by atoms with E-state index >= 15 is 0 Å². The predicted molar refractivity (Wildman–Crippen MR) is 106 cm³/mol. The van der Waals surface area contributed by atoms with Crippen LogP contribution in [0.1, 0.15) is 25.0 Å². The smallest absolute Gasteiger partial charge is 0.331 e. The van der Waals surface area contributed by atoms with E-state index in [1.165, 1.54) is 6.08 Å². The van der Waals surface area contributed by atoms with Gasteiger partial charge in [-0.25, -0.2) is 4.79 Å². The topological polar surface area (TPSA) is 73.9 Å². The second kappa shape index (κ2) is 9.08. The minimum atomic E-state index is -0.611. The average Bonchev–Trinajstić information content (AvgIpc) is 3.04. The van der Waals surface area contributed by atoms with Crippen LogP contribution >= 0.6 is 0 Å². The Kier molecular flexibility index (Phi) is 6.32. The first-order valence-corrected chi connectivity index (χ1v) is 9.21. The summed E-state index contributed by atoms with van der Waals surface area (Å²) in [7, 11) is 0. The molecule has 1 atom stereocenters. The Morgan fingerprint density at radius 2 is 2.04 bits per heavy atom. The maximum Gasteiger partial charge on any atom is 0.331 e. The number of rotatable bonds is 7. The van der Waals surface area contributed by atoms with Gasteiger partial charge >= 0.3 is 5.97 Å². The third-order valence-electron chi connectivity index (χ3n) is 4.13. The minimum absolute atomic E-state index is 0.122. The average molecular weight is 381 g/mol. The Hall–Kier alpha value is -3.28. The molecular formula is C22H23NO5. The second-order valence-electron chi connectivity index (χ2n) is 6.42. The van der Waals surface area contributed by atoms with Crippen LogP contribution in [0.15, 0.2) is 48.5 Å². The largest absolute Gasteiger partial charge is 0.493 e. The van der Waals surface area contributed by atoms with Gasteiger partial charge in [0, 0.05) is 29.3 Å². The van der Waals surface area contributed by atoms with Crippen molar-refractivity contribution in [3.8, 4) is 11.5 Å². The summed E-state index contributed by atoms with van der Waals surface area (Å²) in [4.78, 5) is 23.8. The van der Waals surface area contributed by atoms with Crippen molar-refractivity contribution in [1.82, 2.24) is 0 Å². The van der Waals surface area contributed by atoms with E-state index in [0.29, 0.717) is 18.0 Å². The molecule has 0 aromatic heterocycles. The van der Waals surface area contributed by atoms with Crippen molar-refractivity contribution >= 4 is 23.6 Å². The summed E-state index contributed by atoms with van der Waals surface area (Å²) in [6.07, 6.45) is 3.84. The highest BCUT2D eigenvalue weighted by Crippen LogP contribution is 2.35. The molecular weight excluding hydrogens is 358 g/mol. The summed E-state index contributed by atoms with van der Waals surface area (Å²) >= 11 is 0. The zero-order chi connectivity index (χ0) is 19.9. The van der Waals surface area contributed by atoms with Gasteiger partial charge in [-0.3, -0.25) is 4.79 Å². The number of ether oxygens (including phenoxy) is 3. The second-order valence-corrected chi connectivity index (χ2v) is 6.42. The quantitative estimate of drug-likeness (QED) is 0.586. The molecule has 0 fully saturated rings. The van der Waals surface area contributed by atoms with E-state index in [1.54, 1.807) is 30.3 Å². The van der Waals surface area contributed by atoms with Crippen molar-refractivity contribution in [2.75, 3.05) is 18.5 Å². The highest BCUT2D eigenvalue weighted by atomic mass is 16.5. The lowest BCUT2D eigenvalue weighted by Gasteiger charge is -2.10. The summed E-state index contributed by atoms with van der Waals surface area (Å²) in [6, 6.07) is 12.8. The van der Waals surface area contributed by atoms with E-state index in [0.717, 1.165) is 23.3 Å². The summed E-state index contributed by atoms with van der Waals surface area (Å²) in [5.41, 5.74) is 2.46. The molecule has 3 rings (SSSR count). The molecule has 2 aromatic rings. The fraction of sp³-hybridized carbons (Fsp3) is 0.273. The van der Waals surface area contributed by atoms with E-state index in [9.17, 15) is 9.59 Å². The molecule has 6 nitrogen and oxygen atoms in total. The molecule has 2 aromatic carbocycles. The van der Waals surface area contributed by atoms with Crippen molar-refractivity contribution in [2.24, 2.45) is 0 Å². The van der Waals surface area contributed by atoms with Crippen LogP contribution in [-0.4, -0.2) is 31.2 Å². The Morgan fingerprint density at radius 3 is 2.79 bits per heavy atom. The van der Waals surface area contributed by atoms with Crippen LogP contribution in [0.4, 0.5) is 5.69 Å². The van der Waals surface area contributed by atoms with E-state index in [4.69, 9.17) is 14.2 Å². The molecule has 1 N–H and O–H groups in total. The summed E-state index contributed by atoms with van der Waals surface area (Å²) in [5.74, 6) is 0.472. The number of benzene rings is 2. The van der Waals surface area contributed by atoms with Gasteiger partial charge in [0.05, 0.1) is 6.61 Å². The third-order valence-corrected chi connectivity index (χ3v) is 4.13. The van der Waals surface area contributed by atoms with Crippen molar-refractivity contribution < 1.29 is 23.8 Å². The molecule has 0 bridgehead atoms. The van der Waals surface area contributed by atoms with E-state index in [2.05, 4.69) is 5.32 Å². The number of anilines is 1. The van der Waals surface area contributed by atoms with Crippen LogP contribution in [0.2, 0.25) is 0 Å². The molecule has 0 radical (unpaired) electrons. The van der Waals surface area contributed by atoms with Crippen molar-refractivity contribution in [3.05, 3.63) is 59.7 Å². The summed E-state index contributed by atoms with van der Waals surface area (Å²) in [6.45, 7) is 4.06. The van der Waals surface area contributed by atoms with Gasteiger partial charge in [0.2, 0.25) is 0 Å². The van der Waals surface area contributed by atoms with Crippen LogP contribution < -0.4 is 14.8 Å². The molecule has 0 saturated carbocycles. The Labute approximate surface area is 164 Å². The van der Waals surface area contributed by atoms with Gasteiger partial charge in [-0.05, 0) is 44.2 Å². The van der Waals surface area contributed by atoms with Crippen LogP contribution in [-0.2, 0) is 20.7 Å². The number of carbonyl (C=O) groups is 2. The SMILES string of the molecule is CCOc1cc2c(cc1/C=C/C(=O)OCC(=O)Nc1ccccc1)O[C@H](C)C2. The number of esters is 1. The molecule has 146 valence electrons. The molecule has 0 saturated heterocycles. The van der Waals surface area contributed by atoms with Crippen LogP contribution in [0.3, 0.4) is 0 Å². The standard InChI is InChI=1S/C22H23NO5/c1-3-26-19-13-17-11-15(2)28-20(17)12-16(19)9-10-22(25)27-14-21(24)23-18-7-5-4-6-8-18/h4-10,12-13,15H,3,11,14H2,1-2H3,(H,23,24)/b10-9+/t15-/m1/s1. The number of carbonyl (C=O) groups excluding carboxylic acids is 2. The monoisotopic (exact) mass is 381 g/mol. The first-order valence-electron chi connectivity index (χ1n) is 9.21. The van der Waals surface area contributed by atoms with Gasteiger partial charge in [-0.2, -0.15) is 0 Å². The number of nitrogens with one attached hydrogen (secondary N) is 1. The van der Waals surface area contributed by atoms with Gasteiger partial charge in [0.15, 0.2) is 6.61 Å². The maximum absolute atomic E-state index is 12.0. The Bertz CT molecular complexity index is 876. The lowest BCUT2D eigenvalue weighted by Crippen LogP contribution is -2.20. The van der Waals surface area contributed by atoms with Gasteiger partial charge in [-0.15, -0.1) is 0 Å². The molecule has 0 aliphatic carbocycles. The highest BCUT2D eigenvalue weighted by Gasteiger charge is 2.21. The zero-order valence-corrected chi connectivity index (χ0v) is 15.9. The lowest BCUT2D eigenvalue weighted by molar-refractivity contribution is -0.142. The van der Waals surface area contributed by atoms with Gasteiger partial charge in [-0.1, -0.05) is 18.2 Å². The van der Waals surface area contributed by atoms with Gasteiger partial charge < -0.3 is 19.5 Å². The van der Waals surface area contributed by atoms with Crippen molar-refractivity contribution in [2.45, 2.75) is 26.4 Å². The fourth-order valence-corrected chi connectivity index (χ4v) is 2.93. The minimum Gasteiger partial charge on any atom is -0.493 e. The molecule has 1 amide bonds. The number of para-hydroxylation sites is 1. The summed E-state index contributed by atoms with van der Waals surface area (Å²) in [5, 5.41) is 2.65. The molecule has 1 heterocycles. The molecule has 6 heteroatoms.